The minimum atomic E-state index is -3.19. The molecule has 6 heteroatoms. The van der Waals surface area contributed by atoms with E-state index >= 15 is 0 Å². The van der Waals surface area contributed by atoms with E-state index in [1.807, 2.05) is 26.0 Å². The molecule has 0 aliphatic carbocycles. The monoisotopic (exact) mass is 362 g/mol. The summed E-state index contributed by atoms with van der Waals surface area (Å²) in [7, 11) is -3.19. The Morgan fingerprint density at radius 1 is 1.25 bits per heavy atom. The summed E-state index contributed by atoms with van der Waals surface area (Å²) in [6, 6.07) is 8.50. The molecule has 0 amide bonds. The van der Waals surface area contributed by atoms with Crippen LogP contribution in [0.4, 0.5) is 0 Å². The van der Waals surface area contributed by atoms with Crippen LogP contribution in [0.3, 0.4) is 0 Å². The van der Waals surface area contributed by atoms with Crippen LogP contribution in [-0.4, -0.2) is 32.8 Å². The van der Waals surface area contributed by atoms with Crippen molar-refractivity contribution in [3.63, 3.8) is 0 Å². The van der Waals surface area contributed by atoms with E-state index in [4.69, 9.17) is 0 Å². The third-order valence-corrected chi connectivity index (χ3v) is 4.26. The Morgan fingerprint density at radius 3 is 2.30 bits per heavy atom. The molecule has 2 N–H and O–H groups in total. The molecule has 0 aliphatic heterocycles. The van der Waals surface area contributed by atoms with Gasteiger partial charge in [-0.25, -0.2) is 13.1 Å². The predicted octanol–water partition coefficient (Wildman–Crippen LogP) is 2.30. The lowest BCUT2D eigenvalue weighted by Gasteiger charge is -2.27. The Kier molecular flexibility index (Phi) is 6.19. The average Bonchev–Trinajstić information content (AvgIpc) is 2.27. The van der Waals surface area contributed by atoms with E-state index in [1.165, 1.54) is 11.8 Å². The van der Waals surface area contributed by atoms with Crippen molar-refractivity contribution in [2.75, 3.05) is 12.8 Å². The van der Waals surface area contributed by atoms with E-state index in [-0.39, 0.29) is 6.04 Å². The van der Waals surface area contributed by atoms with Gasteiger partial charge in [-0.1, -0.05) is 28.1 Å². The molecule has 0 fully saturated rings. The highest BCUT2D eigenvalue weighted by atomic mass is 79.9. The molecular weight excluding hydrogens is 340 g/mol. The minimum absolute atomic E-state index is 0.275. The van der Waals surface area contributed by atoms with Crippen molar-refractivity contribution in [2.24, 2.45) is 0 Å². The topological polar surface area (TPSA) is 58.2 Å². The smallest absolute Gasteiger partial charge is 0.209 e. The molecular formula is C14H23BrN2O2S. The Morgan fingerprint density at radius 2 is 1.80 bits per heavy atom. The van der Waals surface area contributed by atoms with Crippen LogP contribution < -0.4 is 10.0 Å². The summed E-state index contributed by atoms with van der Waals surface area (Å²) < 4.78 is 26.2. The van der Waals surface area contributed by atoms with Gasteiger partial charge in [-0.3, -0.25) is 0 Å². The summed E-state index contributed by atoms with van der Waals surface area (Å²) in [4.78, 5) is 0. The summed E-state index contributed by atoms with van der Waals surface area (Å²) in [5.41, 5.74) is 0.753. The molecule has 4 nitrogen and oxygen atoms in total. The molecule has 0 spiro atoms. The van der Waals surface area contributed by atoms with Crippen LogP contribution in [0.1, 0.15) is 26.3 Å². The predicted molar refractivity (Wildman–Crippen MR) is 87.4 cm³/mol. The van der Waals surface area contributed by atoms with Gasteiger partial charge in [0, 0.05) is 22.6 Å². The van der Waals surface area contributed by atoms with Gasteiger partial charge in [0.25, 0.3) is 0 Å². The highest BCUT2D eigenvalue weighted by Crippen LogP contribution is 2.12. The fraction of sp³-hybridized carbons (Fsp3) is 0.571. The van der Waals surface area contributed by atoms with Gasteiger partial charge >= 0.3 is 0 Å². The quantitative estimate of drug-likeness (QED) is 0.782. The second kappa shape index (κ2) is 7.02. The molecule has 114 valence electrons. The molecule has 0 heterocycles. The second-order valence-electron chi connectivity index (χ2n) is 5.87. The zero-order valence-corrected chi connectivity index (χ0v) is 14.8. The first kappa shape index (κ1) is 17.6. The van der Waals surface area contributed by atoms with Crippen LogP contribution >= 0.6 is 15.9 Å². The first-order valence-electron chi connectivity index (χ1n) is 6.54. The van der Waals surface area contributed by atoms with E-state index in [9.17, 15) is 8.42 Å². The van der Waals surface area contributed by atoms with Crippen LogP contribution in [0.25, 0.3) is 0 Å². The summed E-state index contributed by atoms with van der Waals surface area (Å²) in [6.45, 7) is 6.41. The molecule has 0 aliphatic rings. The number of sulfonamides is 1. The van der Waals surface area contributed by atoms with Gasteiger partial charge in [-0.15, -0.1) is 0 Å². The summed E-state index contributed by atoms with van der Waals surface area (Å²) in [5, 5.41) is 3.37. The van der Waals surface area contributed by atoms with Crippen LogP contribution in [0.15, 0.2) is 28.7 Å². The molecule has 0 radical (unpaired) electrons. The lowest BCUT2D eigenvalue weighted by Crippen LogP contribution is -2.51. The number of rotatable bonds is 7. The van der Waals surface area contributed by atoms with E-state index in [0.29, 0.717) is 6.54 Å². The number of hydrogen-bond donors (Lipinski definition) is 2. The van der Waals surface area contributed by atoms with Crippen molar-refractivity contribution in [3.05, 3.63) is 34.3 Å². The van der Waals surface area contributed by atoms with E-state index in [0.717, 1.165) is 10.9 Å². The number of hydrogen-bond acceptors (Lipinski definition) is 3. The molecule has 1 aromatic rings. The SMILES string of the molecule is CC(Cc1ccc(Br)cc1)NCC(C)(C)NS(C)(=O)=O. The van der Waals surface area contributed by atoms with Crippen molar-refractivity contribution < 1.29 is 8.42 Å². The molecule has 1 unspecified atom stereocenters. The fourth-order valence-electron chi connectivity index (χ4n) is 2.01. The highest BCUT2D eigenvalue weighted by molar-refractivity contribution is 9.10. The molecule has 1 aromatic carbocycles. The molecule has 20 heavy (non-hydrogen) atoms. The molecule has 0 saturated carbocycles. The van der Waals surface area contributed by atoms with Gasteiger partial charge in [-0.2, -0.15) is 0 Å². The summed E-state index contributed by atoms with van der Waals surface area (Å²) >= 11 is 3.42. The third-order valence-electron chi connectivity index (χ3n) is 2.81. The van der Waals surface area contributed by atoms with Crippen molar-refractivity contribution in [2.45, 2.75) is 38.8 Å². The first-order valence-corrected chi connectivity index (χ1v) is 9.23. The Labute approximate surface area is 130 Å². The highest BCUT2D eigenvalue weighted by Gasteiger charge is 2.22. The molecule has 0 saturated heterocycles. The molecule has 0 aromatic heterocycles. The van der Waals surface area contributed by atoms with Crippen LogP contribution in [0.2, 0.25) is 0 Å². The van der Waals surface area contributed by atoms with Crippen molar-refractivity contribution in [3.8, 4) is 0 Å². The van der Waals surface area contributed by atoms with E-state index in [2.05, 4.69) is 45.0 Å². The number of benzene rings is 1. The van der Waals surface area contributed by atoms with E-state index in [1.54, 1.807) is 0 Å². The van der Waals surface area contributed by atoms with Crippen LogP contribution in [-0.2, 0) is 16.4 Å². The first-order chi connectivity index (χ1) is 9.07. The Bertz CT molecular complexity index is 527. The summed E-state index contributed by atoms with van der Waals surface area (Å²) in [5.74, 6) is 0. The van der Waals surface area contributed by atoms with Gasteiger partial charge in [-0.05, 0) is 44.9 Å². The Hall–Kier alpha value is -0.430. The summed E-state index contributed by atoms with van der Waals surface area (Å²) in [6.07, 6.45) is 2.09. The maximum Gasteiger partial charge on any atom is 0.209 e. The zero-order chi connectivity index (χ0) is 15.4. The van der Waals surface area contributed by atoms with Crippen molar-refractivity contribution >= 4 is 26.0 Å². The minimum Gasteiger partial charge on any atom is -0.312 e. The number of nitrogens with one attached hydrogen (secondary N) is 2. The van der Waals surface area contributed by atoms with Crippen LogP contribution in [0, 0.1) is 0 Å². The molecule has 1 rings (SSSR count). The standard InChI is InChI=1S/C14H23BrN2O2S/c1-11(9-12-5-7-13(15)8-6-12)16-10-14(2,3)17-20(4,18)19/h5-8,11,16-17H,9-10H2,1-4H3. The number of halogens is 1. The fourth-order valence-corrected chi connectivity index (χ4v) is 3.35. The zero-order valence-electron chi connectivity index (χ0n) is 12.4. The van der Waals surface area contributed by atoms with Gasteiger partial charge in [0.1, 0.15) is 0 Å². The normalized spacial score (nSPS) is 14.2. The van der Waals surface area contributed by atoms with Gasteiger partial charge in [0.05, 0.1) is 6.26 Å². The van der Waals surface area contributed by atoms with Gasteiger partial charge in [0.2, 0.25) is 10.0 Å². The maximum atomic E-state index is 11.3. The average molecular weight is 363 g/mol. The molecule has 0 bridgehead atoms. The lowest BCUT2D eigenvalue weighted by molar-refractivity contribution is 0.394. The van der Waals surface area contributed by atoms with Crippen LogP contribution in [0.5, 0.6) is 0 Å². The van der Waals surface area contributed by atoms with Gasteiger partial charge < -0.3 is 5.32 Å². The lowest BCUT2D eigenvalue weighted by atomic mass is 10.0. The van der Waals surface area contributed by atoms with E-state index < -0.39 is 15.6 Å². The largest absolute Gasteiger partial charge is 0.312 e. The van der Waals surface area contributed by atoms with Crippen molar-refractivity contribution in [1.29, 1.82) is 0 Å². The molecule has 1 atom stereocenters. The Balaban J connectivity index is 2.46. The van der Waals surface area contributed by atoms with Crippen molar-refractivity contribution in [1.82, 2.24) is 10.0 Å². The van der Waals surface area contributed by atoms with Gasteiger partial charge in [0.15, 0.2) is 0 Å². The maximum absolute atomic E-state index is 11.3. The second-order valence-corrected chi connectivity index (χ2v) is 8.53. The third kappa shape index (κ3) is 7.38.